The van der Waals surface area contributed by atoms with E-state index in [4.69, 9.17) is 5.73 Å². The zero-order valence-electron chi connectivity index (χ0n) is 7.25. The summed E-state index contributed by atoms with van der Waals surface area (Å²) in [6, 6.07) is 5.27. The molecule has 1 heterocycles. The Labute approximate surface area is 88.6 Å². The first-order chi connectivity index (χ1) is 6.70. The number of imidazole rings is 1. The number of rotatable bonds is 2. The molecule has 0 fully saturated rings. The number of fused-ring (bicyclic) bond motifs is 1. The number of alkyl halides is 1. The first-order valence-electron chi connectivity index (χ1n) is 4.05. The lowest BCUT2D eigenvalue weighted by molar-refractivity contribution is 0.102. The van der Waals surface area contributed by atoms with Crippen LogP contribution in [0.3, 0.4) is 0 Å². The fourth-order valence-corrected chi connectivity index (χ4v) is 1.60. The molecule has 0 unspecified atom stereocenters. The average molecular weight is 254 g/mol. The van der Waals surface area contributed by atoms with Gasteiger partial charge in [0.05, 0.1) is 16.4 Å². The van der Waals surface area contributed by atoms with Crippen molar-refractivity contribution in [1.29, 1.82) is 0 Å². The van der Waals surface area contributed by atoms with E-state index in [-0.39, 0.29) is 5.78 Å². The fraction of sp³-hybridized carbons (Fsp3) is 0.111. The summed E-state index contributed by atoms with van der Waals surface area (Å²) in [5.74, 6) is 0.406. The minimum Gasteiger partial charge on any atom is -0.369 e. The molecule has 3 N–H and O–H groups in total. The number of nitrogen functional groups attached to an aromatic ring is 1. The topological polar surface area (TPSA) is 71.8 Å². The molecular formula is C9H8BrN3O. The van der Waals surface area contributed by atoms with Gasteiger partial charge in [-0.3, -0.25) is 4.79 Å². The summed E-state index contributed by atoms with van der Waals surface area (Å²) in [6.45, 7) is 0. The van der Waals surface area contributed by atoms with E-state index in [1.807, 2.05) is 0 Å². The number of hydrogen-bond acceptors (Lipinski definition) is 3. The first kappa shape index (κ1) is 9.21. The van der Waals surface area contributed by atoms with Gasteiger partial charge < -0.3 is 10.7 Å². The lowest BCUT2D eigenvalue weighted by Gasteiger charge is -1.95. The molecule has 0 saturated heterocycles. The Balaban J connectivity index is 2.55. The van der Waals surface area contributed by atoms with E-state index in [2.05, 4.69) is 25.9 Å². The maximum Gasteiger partial charge on any atom is 0.198 e. The van der Waals surface area contributed by atoms with Gasteiger partial charge in [-0.15, -0.1) is 0 Å². The number of ketones is 1. The van der Waals surface area contributed by atoms with Crippen LogP contribution < -0.4 is 5.73 Å². The first-order valence-corrected chi connectivity index (χ1v) is 5.17. The van der Waals surface area contributed by atoms with Gasteiger partial charge in [-0.25, -0.2) is 4.98 Å². The van der Waals surface area contributed by atoms with Crippen molar-refractivity contribution in [3.05, 3.63) is 23.8 Å². The van der Waals surface area contributed by atoms with Gasteiger partial charge in [-0.1, -0.05) is 15.9 Å². The van der Waals surface area contributed by atoms with Crippen LogP contribution in [-0.2, 0) is 0 Å². The second-order valence-corrected chi connectivity index (χ2v) is 3.47. The highest BCUT2D eigenvalue weighted by Crippen LogP contribution is 2.15. The van der Waals surface area contributed by atoms with Gasteiger partial charge in [0.1, 0.15) is 0 Å². The van der Waals surface area contributed by atoms with Crippen LogP contribution in [0, 0.1) is 0 Å². The van der Waals surface area contributed by atoms with Crippen molar-refractivity contribution < 1.29 is 4.79 Å². The minimum atomic E-state index is 0.0417. The summed E-state index contributed by atoms with van der Waals surface area (Å²) < 4.78 is 0. The Kier molecular flexibility index (Phi) is 2.25. The number of nitrogens with one attached hydrogen (secondary N) is 1. The number of carbonyl (C=O) groups is 1. The Morgan fingerprint density at radius 2 is 2.36 bits per heavy atom. The van der Waals surface area contributed by atoms with Crippen molar-refractivity contribution >= 4 is 38.7 Å². The van der Waals surface area contributed by atoms with Crippen LogP contribution in [-0.4, -0.2) is 21.1 Å². The monoisotopic (exact) mass is 253 g/mol. The van der Waals surface area contributed by atoms with Gasteiger partial charge in [-0.05, 0) is 18.2 Å². The number of Topliss-reactive ketones (excluding diaryl/α,β-unsaturated/α-hetero) is 1. The Morgan fingerprint density at radius 1 is 1.57 bits per heavy atom. The Bertz CT molecular complexity index is 492. The highest BCUT2D eigenvalue weighted by atomic mass is 79.9. The molecule has 0 saturated carbocycles. The predicted octanol–water partition coefficient (Wildman–Crippen LogP) is 1.72. The normalized spacial score (nSPS) is 10.6. The number of aromatic amines is 1. The molecule has 0 atom stereocenters. The minimum absolute atomic E-state index is 0.0417. The highest BCUT2D eigenvalue weighted by molar-refractivity contribution is 9.09. The van der Waals surface area contributed by atoms with Crippen molar-refractivity contribution in [2.45, 2.75) is 0 Å². The number of halogens is 1. The summed E-state index contributed by atoms with van der Waals surface area (Å²) >= 11 is 3.12. The van der Waals surface area contributed by atoms with Crippen LogP contribution in [0.15, 0.2) is 18.2 Å². The molecule has 4 nitrogen and oxygen atoms in total. The third kappa shape index (κ3) is 1.50. The molecule has 2 rings (SSSR count). The lowest BCUT2D eigenvalue weighted by Crippen LogP contribution is -1.98. The molecule has 14 heavy (non-hydrogen) atoms. The summed E-state index contributed by atoms with van der Waals surface area (Å²) in [4.78, 5) is 18.3. The van der Waals surface area contributed by atoms with Gasteiger partial charge in [0, 0.05) is 5.56 Å². The molecule has 0 amide bonds. The van der Waals surface area contributed by atoms with Crippen LogP contribution >= 0.6 is 15.9 Å². The predicted molar refractivity (Wildman–Crippen MR) is 58.6 cm³/mol. The van der Waals surface area contributed by atoms with Crippen molar-refractivity contribution in [3.8, 4) is 0 Å². The van der Waals surface area contributed by atoms with Crippen molar-refractivity contribution in [2.24, 2.45) is 0 Å². The number of benzene rings is 1. The maximum absolute atomic E-state index is 11.4. The second kappa shape index (κ2) is 3.42. The van der Waals surface area contributed by atoms with E-state index in [9.17, 15) is 4.79 Å². The third-order valence-corrected chi connectivity index (χ3v) is 2.45. The molecule has 0 spiro atoms. The third-order valence-electron chi connectivity index (χ3n) is 1.94. The smallest absolute Gasteiger partial charge is 0.198 e. The molecule has 0 radical (unpaired) electrons. The van der Waals surface area contributed by atoms with Crippen LogP contribution in [0.25, 0.3) is 11.0 Å². The molecule has 72 valence electrons. The molecule has 0 aliphatic heterocycles. The summed E-state index contributed by atoms with van der Waals surface area (Å²) in [5.41, 5.74) is 7.70. The van der Waals surface area contributed by atoms with Gasteiger partial charge in [0.15, 0.2) is 11.7 Å². The largest absolute Gasteiger partial charge is 0.369 e. The van der Waals surface area contributed by atoms with Crippen LogP contribution in [0.4, 0.5) is 5.95 Å². The summed E-state index contributed by atoms with van der Waals surface area (Å²) in [7, 11) is 0. The van der Waals surface area contributed by atoms with Crippen LogP contribution in [0.5, 0.6) is 0 Å². The Morgan fingerprint density at radius 3 is 3.07 bits per heavy atom. The molecular weight excluding hydrogens is 246 g/mol. The van der Waals surface area contributed by atoms with Gasteiger partial charge >= 0.3 is 0 Å². The zero-order valence-corrected chi connectivity index (χ0v) is 8.84. The van der Waals surface area contributed by atoms with Crippen molar-refractivity contribution in [3.63, 3.8) is 0 Å². The number of aromatic nitrogens is 2. The van der Waals surface area contributed by atoms with Crippen LogP contribution in [0.2, 0.25) is 0 Å². The fourth-order valence-electron chi connectivity index (χ4n) is 1.28. The standard InChI is InChI=1S/C9H8BrN3O/c10-4-8(14)5-1-2-6-7(3-5)13-9(11)12-6/h1-3H,4H2,(H3,11,12,13). The molecule has 1 aromatic heterocycles. The number of carbonyl (C=O) groups excluding carboxylic acids is 1. The second-order valence-electron chi connectivity index (χ2n) is 2.91. The Hall–Kier alpha value is -1.36. The maximum atomic E-state index is 11.4. The SMILES string of the molecule is Nc1nc2ccc(C(=O)CBr)cc2[nH]1. The molecule has 2 aromatic rings. The molecule has 0 aliphatic carbocycles. The van der Waals surface area contributed by atoms with Crippen molar-refractivity contribution in [1.82, 2.24) is 9.97 Å². The van der Waals surface area contributed by atoms with Gasteiger partial charge in [0.25, 0.3) is 0 Å². The number of nitrogens with two attached hydrogens (primary N) is 1. The molecule has 1 aromatic carbocycles. The van der Waals surface area contributed by atoms with Crippen molar-refractivity contribution in [2.75, 3.05) is 11.1 Å². The van der Waals surface area contributed by atoms with Gasteiger partial charge in [0.2, 0.25) is 0 Å². The molecule has 5 heteroatoms. The quantitative estimate of drug-likeness (QED) is 0.633. The number of anilines is 1. The zero-order chi connectivity index (χ0) is 10.1. The molecule has 0 bridgehead atoms. The lowest BCUT2D eigenvalue weighted by atomic mass is 10.1. The van der Waals surface area contributed by atoms with Crippen LogP contribution in [0.1, 0.15) is 10.4 Å². The van der Waals surface area contributed by atoms with E-state index in [0.29, 0.717) is 16.8 Å². The van der Waals surface area contributed by atoms with E-state index in [1.54, 1.807) is 18.2 Å². The molecule has 0 aliphatic rings. The van der Waals surface area contributed by atoms with Gasteiger partial charge in [-0.2, -0.15) is 0 Å². The van der Waals surface area contributed by atoms with E-state index < -0.39 is 0 Å². The van der Waals surface area contributed by atoms with E-state index in [0.717, 1.165) is 11.0 Å². The average Bonchev–Trinajstić information content (AvgIpc) is 2.55. The van der Waals surface area contributed by atoms with E-state index >= 15 is 0 Å². The van der Waals surface area contributed by atoms with E-state index in [1.165, 1.54) is 0 Å². The number of H-pyrrole nitrogens is 1. The number of hydrogen-bond donors (Lipinski definition) is 2. The highest BCUT2D eigenvalue weighted by Gasteiger charge is 2.06. The summed E-state index contributed by atoms with van der Waals surface area (Å²) in [5, 5.41) is 0.322. The summed E-state index contributed by atoms with van der Waals surface area (Å²) in [6.07, 6.45) is 0. The number of nitrogens with zero attached hydrogens (tertiary/aromatic N) is 1.